The number of hydrogen-bond acceptors (Lipinski definition) is 2. The molecule has 0 aromatic heterocycles. The molecular formula is C66H47N3. The fourth-order valence-electron chi connectivity index (χ4n) is 10.6. The van der Waals surface area contributed by atoms with E-state index in [4.69, 9.17) is 9.98 Å². The molecule has 0 heterocycles. The van der Waals surface area contributed by atoms with Crippen molar-refractivity contribution in [3.63, 3.8) is 0 Å². The summed E-state index contributed by atoms with van der Waals surface area (Å²) in [5.74, 6) is 0.604. The second-order valence-electron chi connectivity index (χ2n) is 17.7. The molecule has 3 nitrogen and oxygen atoms in total. The van der Waals surface area contributed by atoms with Gasteiger partial charge in [0.15, 0.2) is 5.84 Å². The highest BCUT2D eigenvalue weighted by Gasteiger charge is 2.51. The quantitative estimate of drug-likeness (QED) is 0.111. The molecule has 2 aliphatic rings. The van der Waals surface area contributed by atoms with Crippen LogP contribution in [0.3, 0.4) is 0 Å². The van der Waals surface area contributed by atoms with Gasteiger partial charge in [0.1, 0.15) is 0 Å². The molecule has 1 unspecified atom stereocenters. The summed E-state index contributed by atoms with van der Waals surface area (Å²) in [5.41, 5.74) is 23.2. The van der Waals surface area contributed by atoms with E-state index in [0.29, 0.717) is 17.1 Å². The highest BCUT2D eigenvalue weighted by molar-refractivity contribution is 6.13. The summed E-state index contributed by atoms with van der Waals surface area (Å²) in [5, 5.41) is 9.57. The van der Waals surface area contributed by atoms with Gasteiger partial charge in [0.05, 0.1) is 22.7 Å². The minimum Gasteiger partial charge on any atom is -0.233 e. The van der Waals surface area contributed by atoms with Gasteiger partial charge in [-0.1, -0.05) is 213 Å². The SMILES string of the molecule is C=Cc1cccc2c1/C(=C\C)c1ccccc1C21c2cc(-c3ccc(C(N=C(C)c4ccccc4)=NC(=C)c4ccccc4)cc3)ccc2-c2ccc(-c3ccc(-c4cccc(C#N)c4)cc3)cc21. The van der Waals surface area contributed by atoms with Gasteiger partial charge in [-0.2, -0.15) is 5.26 Å². The monoisotopic (exact) mass is 881 g/mol. The smallest absolute Gasteiger partial charge is 0.160 e. The second kappa shape index (κ2) is 17.7. The van der Waals surface area contributed by atoms with Crippen molar-refractivity contribution in [1.82, 2.24) is 0 Å². The highest BCUT2D eigenvalue weighted by Crippen LogP contribution is 2.62. The minimum atomic E-state index is -0.646. The average molecular weight is 882 g/mol. The molecule has 1 spiro atoms. The van der Waals surface area contributed by atoms with Crippen LogP contribution in [0.4, 0.5) is 0 Å². The Morgan fingerprint density at radius 3 is 1.64 bits per heavy atom. The summed E-state index contributed by atoms with van der Waals surface area (Å²) in [6, 6.07) is 77.4. The van der Waals surface area contributed by atoms with Crippen molar-refractivity contribution in [3.8, 4) is 50.6 Å². The van der Waals surface area contributed by atoms with Crippen molar-refractivity contribution in [3.05, 3.63) is 293 Å². The predicted molar refractivity (Wildman–Crippen MR) is 288 cm³/mol. The van der Waals surface area contributed by atoms with Gasteiger partial charge < -0.3 is 0 Å². The molecule has 11 rings (SSSR count). The third-order valence-electron chi connectivity index (χ3n) is 13.9. The zero-order valence-corrected chi connectivity index (χ0v) is 38.6. The first kappa shape index (κ1) is 42.7. The summed E-state index contributed by atoms with van der Waals surface area (Å²) in [7, 11) is 0. The molecule has 0 amide bonds. The van der Waals surface area contributed by atoms with Gasteiger partial charge in [0.25, 0.3) is 0 Å². The Labute approximate surface area is 404 Å². The number of benzene rings is 9. The number of nitrogens with zero attached hydrogens (tertiary/aromatic N) is 3. The number of nitriles is 1. The number of amidine groups is 1. The molecule has 0 aliphatic heterocycles. The molecule has 0 bridgehead atoms. The lowest BCUT2D eigenvalue weighted by molar-refractivity contribution is 0.753. The maximum Gasteiger partial charge on any atom is 0.160 e. The lowest BCUT2D eigenvalue weighted by Crippen LogP contribution is -2.34. The number of fused-ring (bicyclic) bond motifs is 9. The fraction of sp³-hybridized carbons (Fsp3) is 0.0455. The predicted octanol–water partition coefficient (Wildman–Crippen LogP) is 16.3. The van der Waals surface area contributed by atoms with E-state index in [1.54, 1.807) is 0 Å². The Hall–Kier alpha value is -8.97. The molecule has 9 aromatic rings. The number of hydrogen-bond donors (Lipinski definition) is 0. The van der Waals surface area contributed by atoms with E-state index >= 15 is 0 Å². The first-order chi connectivity index (χ1) is 33.9. The van der Waals surface area contributed by atoms with Crippen LogP contribution in [0, 0.1) is 11.3 Å². The van der Waals surface area contributed by atoms with Crippen molar-refractivity contribution in [2.45, 2.75) is 19.3 Å². The molecule has 9 aromatic carbocycles. The lowest BCUT2D eigenvalue weighted by Gasteiger charge is -2.42. The summed E-state index contributed by atoms with van der Waals surface area (Å²) in [4.78, 5) is 10.2. The van der Waals surface area contributed by atoms with Gasteiger partial charge in [-0.25, -0.2) is 9.98 Å². The Kier molecular flexibility index (Phi) is 10.9. The van der Waals surface area contributed by atoms with Gasteiger partial charge in [-0.15, -0.1) is 0 Å². The largest absolute Gasteiger partial charge is 0.233 e. The van der Waals surface area contributed by atoms with Crippen LogP contribution in [0.5, 0.6) is 0 Å². The first-order valence-electron chi connectivity index (χ1n) is 23.4. The molecule has 0 N–H and O–H groups in total. The summed E-state index contributed by atoms with van der Waals surface area (Å²) in [6.07, 6.45) is 4.26. The summed E-state index contributed by atoms with van der Waals surface area (Å²) < 4.78 is 0. The molecule has 2 aliphatic carbocycles. The first-order valence-corrected chi connectivity index (χ1v) is 23.4. The van der Waals surface area contributed by atoms with E-state index in [1.807, 2.05) is 79.7 Å². The van der Waals surface area contributed by atoms with E-state index in [1.165, 1.54) is 50.1 Å². The van der Waals surface area contributed by atoms with Gasteiger partial charge >= 0.3 is 0 Å². The molecule has 0 fully saturated rings. The molecule has 1 atom stereocenters. The zero-order valence-electron chi connectivity index (χ0n) is 38.6. The van der Waals surface area contributed by atoms with Crippen LogP contribution in [0.2, 0.25) is 0 Å². The van der Waals surface area contributed by atoms with E-state index < -0.39 is 5.41 Å². The number of rotatable bonds is 8. The van der Waals surface area contributed by atoms with Crippen LogP contribution in [0.15, 0.2) is 242 Å². The van der Waals surface area contributed by atoms with Crippen molar-refractivity contribution in [2.75, 3.05) is 0 Å². The average Bonchev–Trinajstić information content (AvgIpc) is 3.70. The van der Waals surface area contributed by atoms with Crippen LogP contribution >= 0.6 is 0 Å². The van der Waals surface area contributed by atoms with Gasteiger partial charge in [-0.3, -0.25) is 0 Å². The van der Waals surface area contributed by atoms with Crippen molar-refractivity contribution in [2.24, 2.45) is 9.98 Å². The van der Waals surface area contributed by atoms with Crippen molar-refractivity contribution >= 4 is 28.9 Å². The number of aliphatic imine (C=N–C) groups is 2. The molecule has 69 heavy (non-hydrogen) atoms. The third kappa shape index (κ3) is 7.31. The van der Waals surface area contributed by atoms with Gasteiger partial charge in [0.2, 0.25) is 0 Å². The molecule has 326 valence electrons. The van der Waals surface area contributed by atoms with Crippen LogP contribution in [0.25, 0.3) is 61.9 Å². The molecule has 0 radical (unpaired) electrons. The molecule has 3 heteroatoms. The topological polar surface area (TPSA) is 48.5 Å². The summed E-state index contributed by atoms with van der Waals surface area (Å²) in [6.45, 7) is 12.9. The Morgan fingerprint density at radius 1 is 0.493 bits per heavy atom. The summed E-state index contributed by atoms with van der Waals surface area (Å²) >= 11 is 0. The number of allylic oxidation sites excluding steroid dienone is 1. The maximum atomic E-state index is 9.57. The highest BCUT2D eigenvalue weighted by atomic mass is 14.9. The Balaban J connectivity index is 1.07. The zero-order chi connectivity index (χ0) is 47.1. The molecule has 0 saturated heterocycles. The molecular weight excluding hydrogens is 835 g/mol. The van der Waals surface area contributed by atoms with Crippen molar-refractivity contribution in [1.29, 1.82) is 5.26 Å². The van der Waals surface area contributed by atoms with Crippen LogP contribution in [-0.2, 0) is 5.41 Å². The van der Waals surface area contributed by atoms with Gasteiger partial charge in [-0.05, 0) is 138 Å². The van der Waals surface area contributed by atoms with E-state index in [9.17, 15) is 5.26 Å². The van der Waals surface area contributed by atoms with Crippen molar-refractivity contribution < 1.29 is 0 Å². The normalized spacial score (nSPS) is 15.2. The fourth-order valence-corrected chi connectivity index (χ4v) is 10.6. The van der Waals surface area contributed by atoms with E-state index in [-0.39, 0.29) is 0 Å². The van der Waals surface area contributed by atoms with E-state index in [2.05, 4.69) is 178 Å². The molecule has 0 saturated carbocycles. The standard InChI is InChI=1S/C66H47N3/c1-5-46-22-16-26-61-64(46)56(6-2)57-24-13-14-25-60(57)66(61)62-40-54(50-29-27-49(28-30-50)53-23-15-17-45(39-53)42-67)35-37-58(62)59-38-36-55(41-63(59)66)51-31-33-52(34-32-51)65(68-43(3)47-18-9-7-10-19-47)69-44(4)48-20-11-8-12-21-48/h5-41H,1,3H2,2,4H3/b56-6-,68-65?,69-44?. The Bertz CT molecular complexity index is 3640. The van der Waals surface area contributed by atoms with Crippen LogP contribution in [-0.4, -0.2) is 11.5 Å². The van der Waals surface area contributed by atoms with E-state index in [0.717, 1.165) is 61.3 Å². The maximum absolute atomic E-state index is 9.57. The third-order valence-corrected chi connectivity index (χ3v) is 13.9. The van der Waals surface area contributed by atoms with Crippen LogP contribution in [0.1, 0.15) is 75.0 Å². The second-order valence-corrected chi connectivity index (χ2v) is 17.7. The van der Waals surface area contributed by atoms with Crippen LogP contribution < -0.4 is 0 Å². The lowest BCUT2D eigenvalue weighted by atomic mass is 9.59. The van der Waals surface area contributed by atoms with Gasteiger partial charge in [0, 0.05) is 11.3 Å². The Morgan fingerprint density at radius 2 is 1.03 bits per heavy atom. The minimum absolute atomic E-state index is 0.604.